The maximum atomic E-state index is 12.5. The molecule has 2 amide bonds. The second kappa shape index (κ2) is 5.88. The lowest BCUT2D eigenvalue weighted by molar-refractivity contribution is -0.130. The van der Waals surface area contributed by atoms with Crippen LogP contribution in [-0.4, -0.2) is 35.8 Å². The molecule has 1 heterocycles. The van der Waals surface area contributed by atoms with Crippen molar-refractivity contribution in [1.29, 1.82) is 0 Å². The van der Waals surface area contributed by atoms with Crippen molar-refractivity contribution in [2.45, 2.75) is 45.1 Å². The number of anilines is 1. The highest BCUT2D eigenvalue weighted by Gasteiger charge is 2.31. The Bertz CT molecular complexity index is 551. The third kappa shape index (κ3) is 3.09. The van der Waals surface area contributed by atoms with E-state index < -0.39 is 0 Å². The lowest BCUT2D eigenvalue weighted by atomic mass is 10.0. The molecule has 0 N–H and O–H groups in total. The van der Waals surface area contributed by atoms with Gasteiger partial charge >= 0.3 is 0 Å². The molecule has 0 unspecified atom stereocenters. The van der Waals surface area contributed by atoms with Crippen molar-refractivity contribution in [2.75, 3.05) is 18.0 Å². The number of para-hydroxylation sites is 1. The van der Waals surface area contributed by atoms with Gasteiger partial charge in [-0.25, -0.2) is 0 Å². The van der Waals surface area contributed by atoms with Crippen LogP contribution >= 0.6 is 0 Å². The van der Waals surface area contributed by atoms with Crippen LogP contribution in [-0.2, 0) is 16.0 Å². The molecule has 0 atom stereocenters. The first kappa shape index (κ1) is 14.1. The number of aryl methyl sites for hydroxylation is 1. The number of benzene rings is 1. The van der Waals surface area contributed by atoms with Crippen LogP contribution in [0.1, 0.15) is 38.2 Å². The monoisotopic (exact) mass is 286 g/mol. The molecule has 21 heavy (non-hydrogen) atoms. The van der Waals surface area contributed by atoms with Crippen LogP contribution in [0.5, 0.6) is 0 Å². The molecule has 1 aliphatic heterocycles. The zero-order valence-electron chi connectivity index (χ0n) is 12.5. The van der Waals surface area contributed by atoms with Crippen molar-refractivity contribution < 1.29 is 9.59 Å². The van der Waals surface area contributed by atoms with Crippen molar-refractivity contribution in [3.8, 4) is 0 Å². The summed E-state index contributed by atoms with van der Waals surface area (Å²) >= 11 is 0. The van der Waals surface area contributed by atoms with Crippen molar-refractivity contribution in [3.05, 3.63) is 29.8 Å². The molecule has 4 nitrogen and oxygen atoms in total. The molecule has 0 bridgehead atoms. The van der Waals surface area contributed by atoms with Gasteiger partial charge in [-0.2, -0.15) is 0 Å². The third-order valence-electron chi connectivity index (χ3n) is 4.37. The summed E-state index contributed by atoms with van der Waals surface area (Å²) in [5, 5.41) is 0. The van der Waals surface area contributed by atoms with Gasteiger partial charge in [0.05, 0.1) is 0 Å². The van der Waals surface area contributed by atoms with Gasteiger partial charge in [-0.05, 0) is 37.3 Å². The van der Waals surface area contributed by atoms with Gasteiger partial charge in [0.2, 0.25) is 11.8 Å². The molecule has 0 spiro atoms. The number of rotatable bonds is 4. The second-order valence-electron chi connectivity index (χ2n) is 5.97. The summed E-state index contributed by atoms with van der Waals surface area (Å²) in [6.07, 6.45) is 4.65. The van der Waals surface area contributed by atoms with E-state index in [0.717, 1.165) is 37.9 Å². The summed E-state index contributed by atoms with van der Waals surface area (Å²) in [5.74, 6) is 0.221. The third-order valence-corrected chi connectivity index (χ3v) is 4.37. The molecule has 0 saturated heterocycles. The topological polar surface area (TPSA) is 40.6 Å². The maximum absolute atomic E-state index is 12.5. The van der Waals surface area contributed by atoms with Crippen LogP contribution in [0.2, 0.25) is 0 Å². The van der Waals surface area contributed by atoms with E-state index in [1.807, 2.05) is 28.0 Å². The molecule has 1 fully saturated rings. The van der Waals surface area contributed by atoms with Crippen molar-refractivity contribution in [2.24, 2.45) is 0 Å². The van der Waals surface area contributed by atoms with Gasteiger partial charge in [-0.1, -0.05) is 18.2 Å². The minimum atomic E-state index is 0.0874. The Hall–Kier alpha value is -1.84. The second-order valence-corrected chi connectivity index (χ2v) is 5.97. The Labute approximate surface area is 125 Å². The maximum Gasteiger partial charge on any atom is 0.228 e. The molecule has 0 aromatic heterocycles. The first-order valence-electron chi connectivity index (χ1n) is 7.82. The van der Waals surface area contributed by atoms with Crippen molar-refractivity contribution in [1.82, 2.24) is 4.90 Å². The van der Waals surface area contributed by atoms with E-state index in [2.05, 4.69) is 6.07 Å². The van der Waals surface area contributed by atoms with Crippen molar-refractivity contribution >= 4 is 17.5 Å². The zero-order chi connectivity index (χ0) is 14.8. The smallest absolute Gasteiger partial charge is 0.228 e. The normalized spacial score (nSPS) is 17.3. The van der Waals surface area contributed by atoms with Crippen LogP contribution in [0.4, 0.5) is 5.69 Å². The van der Waals surface area contributed by atoms with Gasteiger partial charge in [0.25, 0.3) is 0 Å². The molecule has 1 aliphatic carbocycles. The number of hydrogen-bond donors (Lipinski definition) is 0. The highest BCUT2D eigenvalue weighted by molar-refractivity contribution is 5.94. The van der Waals surface area contributed by atoms with Crippen LogP contribution in [0, 0.1) is 0 Å². The molecule has 3 rings (SSSR count). The first-order valence-corrected chi connectivity index (χ1v) is 7.82. The van der Waals surface area contributed by atoms with Gasteiger partial charge < -0.3 is 9.80 Å². The van der Waals surface area contributed by atoms with Crippen LogP contribution in [0.15, 0.2) is 24.3 Å². The summed E-state index contributed by atoms with van der Waals surface area (Å²) in [5.41, 5.74) is 2.30. The van der Waals surface area contributed by atoms with E-state index in [1.54, 1.807) is 6.92 Å². The average molecular weight is 286 g/mol. The average Bonchev–Trinajstić information content (AvgIpc) is 3.31. The van der Waals surface area contributed by atoms with E-state index in [4.69, 9.17) is 0 Å². The lowest BCUT2D eigenvalue weighted by Crippen LogP contribution is -2.39. The van der Waals surface area contributed by atoms with E-state index in [9.17, 15) is 9.59 Å². The number of nitrogens with zero attached hydrogens (tertiary/aromatic N) is 2. The molecule has 1 aromatic rings. The van der Waals surface area contributed by atoms with E-state index in [1.165, 1.54) is 5.56 Å². The van der Waals surface area contributed by atoms with Gasteiger partial charge in [0.1, 0.15) is 0 Å². The van der Waals surface area contributed by atoms with E-state index >= 15 is 0 Å². The van der Waals surface area contributed by atoms with Crippen LogP contribution < -0.4 is 4.90 Å². The van der Waals surface area contributed by atoms with Gasteiger partial charge in [0.15, 0.2) is 0 Å². The quantitative estimate of drug-likeness (QED) is 0.852. The molecule has 4 heteroatoms. The summed E-state index contributed by atoms with van der Waals surface area (Å²) in [6.45, 7) is 2.94. The molecule has 2 aliphatic rings. The standard InChI is InChI=1S/C17H22N2O2/c1-13(20)18(15-8-9-15)12-10-17(21)19-11-4-6-14-5-2-3-7-16(14)19/h2-3,5,7,15H,4,6,8-12H2,1H3. The number of carbonyl (C=O) groups excluding carboxylic acids is 2. The minimum Gasteiger partial charge on any atom is -0.339 e. The highest BCUT2D eigenvalue weighted by Crippen LogP contribution is 2.29. The Morgan fingerprint density at radius 2 is 2.05 bits per heavy atom. The lowest BCUT2D eigenvalue weighted by Gasteiger charge is -2.30. The largest absolute Gasteiger partial charge is 0.339 e. The Kier molecular flexibility index (Phi) is 3.95. The van der Waals surface area contributed by atoms with E-state index in [-0.39, 0.29) is 11.8 Å². The number of fused-ring (bicyclic) bond motifs is 1. The molecular formula is C17H22N2O2. The minimum absolute atomic E-state index is 0.0874. The van der Waals surface area contributed by atoms with Crippen LogP contribution in [0.25, 0.3) is 0 Å². The fourth-order valence-corrected chi connectivity index (χ4v) is 3.13. The van der Waals surface area contributed by atoms with E-state index in [0.29, 0.717) is 19.0 Å². The van der Waals surface area contributed by atoms with Crippen LogP contribution in [0.3, 0.4) is 0 Å². The fraction of sp³-hybridized carbons (Fsp3) is 0.529. The SMILES string of the molecule is CC(=O)N(CCC(=O)N1CCCc2ccccc21)C1CC1. The molecule has 0 radical (unpaired) electrons. The summed E-state index contributed by atoms with van der Waals surface area (Å²) in [4.78, 5) is 27.9. The molecule has 1 aromatic carbocycles. The highest BCUT2D eigenvalue weighted by atomic mass is 16.2. The summed E-state index contributed by atoms with van der Waals surface area (Å²) < 4.78 is 0. The van der Waals surface area contributed by atoms with Gasteiger partial charge in [-0.3, -0.25) is 9.59 Å². The number of carbonyl (C=O) groups is 2. The summed E-state index contributed by atoms with van der Waals surface area (Å²) in [6, 6.07) is 8.51. The first-order chi connectivity index (χ1) is 10.2. The summed E-state index contributed by atoms with van der Waals surface area (Å²) in [7, 11) is 0. The Balaban J connectivity index is 1.65. The Morgan fingerprint density at radius 1 is 1.29 bits per heavy atom. The molecular weight excluding hydrogens is 264 g/mol. The molecule has 1 saturated carbocycles. The predicted octanol–water partition coefficient (Wildman–Crippen LogP) is 2.37. The number of amides is 2. The molecule has 112 valence electrons. The van der Waals surface area contributed by atoms with Gasteiger partial charge in [0, 0.05) is 38.2 Å². The Morgan fingerprint density at radius 3 is 2.76 bits per heavy atom. The van der Waals surface area contributed by atoms with Gasteiger partial charge in [-0.15, -0.1) is 0 Å². The fourth-order valence-electron chi connectivity index (χ4n) is 3.13. The zero-order valence-corrected chi connectivity index (χ0v) is 12.5. The number of hydrogen-bond acceptors (Lipinski definition) is 2. The van der Waals surface area contributed by atoms with Crippen molar-refractivity contribution in [3.63, 3.8) is 0 Å². The predicted molar refractivity (Wildman–Crippen MR) is 82.1 cm³/mol.